The summed E-state index contributed by atoms with van der Waals surface area (Å²) >= 11 is 7.56. The molecule has 0 aliphatic rings. The number of hydrogen-bond acceptors (Lipinski definition) is 4. The van der Waals surface area contributed by atoms with E-state index in [2.05, 4.69) is 5.32 Å². The summed E-state index contributed by atoms with van der Waals surface area (Å²) in [6.45, 7) is 3.45. The summed E-state index contributed by atoms with van der Waals surface area (Å²) in [5.74, 6) is 0.261. The molecule has 1 N–H and O–H groups in total. The van der Waals surface area contributed by atoms with E-state index >= 15 is 0 Å². The van der Waals surface area contributed by atoms with Crippen LogP contribution >= 0.6 is 23.4 Å². The van der Waals surface area contributed by atoms with E-state index in [4.69, 9.17) is 11.6 Å². The summed E-state index contributed by atoms with van der Waals surface area (Å²) in [5.41, 5.74) is 4.10. The number of amides is 1. The number of carbonyl (C=O) groups excluding carboxylic acids is 1. The zero-order chi connectivity index (χ0) is 26.4. The van der Waals surface area contributed by atoms with Crippen LogP contribution in [0.15, 0.2) is 107 Å². The Hall–Kier alpha value is -3.26. The molecule has 4 aromatic carbocycles. The number of sulfonamides is 1. The van der Waals surface area contributed by atoms with Crippen LogP contribution in [0.5, 0.6) is 0 Å². The van der Waals surface area contributed by atoms with Crippen molar-refractivity contribution in [3.05, 3.63) is 119 Å². The number of para-hydroxylation sites is 1. The Kier molecular flexibility index (Phi) is 8.59. The van der Waals surface area contributed by atoms with Crippen molar-refractivity contribution < 1.29 is 13.2 Å². The molecule has 5 nitrogen and oxygen atoms in total. The Balaban J connectivity index is 1.56. The molecule has 0 heterocycles. The largest absolute Gasteiger partial charge is 0.323 e. The summed E-state index contributed by atoms with van der Waals surface area (Å²) in [6.07, 6.45) is 0. The highest BCUT2D eigenvalue weighted by Crippen LogP contribution is 2.31. The van der Waals surface area contributed by atoms with Crippen molar-refractivity contribution in [1.82, 2.24) is 0 Å². The fraction of sp³-hybridized carbons (Fsp3) is 0.138. The molecule has 0 fully saturated rings. The van der Waals surface area contributed by atoms with Crippen molar-refractivity contribution in [1.29, 1.82) is 0 Å². The third-order valence-electron chi connectivity index (χ3n) is 5.69. The number of halogens is 1. The van der Waals surface area contributed by atoms with Gasteiger partial charge in [-0.2, -0.15) is 0 Å². The molecule has 4 rings (SSSR count). The van der Waals surface area contributed by atoms with Crippen LogP contribution in [0.2, 0.25) is 5.02 Å². The van der Waals surface area contributed by atoms with Crippen LogP contribution in [0, 0.1) is 13.8 Å². The second-order valence-electron chi connectivity index (χ2n) is 8.62. The van der Waals surface area contributed by atoms with Gasteiger partial charge in [-0.3, -0.25) is 9.10 Å². The molecular weight excluding hydrogens is 524 g/mol. The number of benzene rings is 4. The van der Waals surface area contributed by atoms with Gasteiger partial charge in [-0.25, -0.2) is 8.42 Å². The molecule has 0 aliphatic heterocycles. The smallest absolute Gasteiger partial charge is 0.264 e. The molecule has 1 amide bonds. The number of rotatable bonds is 9. The Bertz CT molecular complexity index is 1470. The third kappa shape index (κ3) is 6.95. The Morgan fingerprint density at radius 3 is 2.08 bits per heavy atom. The summed E-state index contributed by atoms with van der Waals surface area (Å²) < 4.78 is 28.3. The zero-order valence-electron chi connectivity index (χ0n) is 20.5. The normalized spacial score (nSPS) is 11.2. The first-order valence-electron chi connectivity index (χ1n) is 11.6. The van der Waals surface area contributed by atoms with Gasteiger partial charge in [-0.15, -0.1) is 11.8 Å². The number of carbonyl (C=O) groups is 1. The van der Waals surface area contributed by atoms with Crippen LogP contribution in [0.3, 0.4) is 0 Å². The fourth-order valence-electron chi connectivity index (χ4n) is 3.62. The van der Waals surface area contributed by atoms with E-state index in [9.17, 15) is 13.2 Å². The van der Waals surface area contributed by atoms with Crippen molar-refractivity contribution >= 4 is 50.7 Å². The maximum atomic E-state index is 13.6. The van der Waals surface area contributed by atoms with Gasteiger partial charge in [0.15, 0.2) is 0 Å². The summed E-state index contributed by atoms with van der Waals surface area (Å²) in [7, 11) is -3.97. The number of nitrogens with one attached hydrogen (secondary N) is 1. The van der Waals surface area contributed by atoms with E-state index in [0.29, 0.717) is 22.2 Å². The lowest BCUT2D eigenvalue weighted by molar-refractivity contribution is -0.114. The number of anilines is 2. The Labute approximate surface area is 227 Å². The SMILES string of the molecule is Cc1ccc(N(CC(=O)Nc2ccccc2SCc2ccc(Cl)cc2)S(=O)(=O)c2ccc(C)cc2)cc1. The molecule has 37 heavy (non-hydrogen) atoms. The van der Waals surface area contributed by atoms with E-state index in [1.807, 2.05) is 74.5 Å². The van der Waals surface area contributed by atoms with Crippen molar-refractivity contribution in [2.75, 3.05) is 16.2 Å². The highest BCUT2D eigenvalue weighted by atomic mass is 35.5. The van der Waals surface area contributed by atoms with E-state index < -0.39 is 15.9 Å². The number of hydrogen-bond donors (Lipinski definition) is 1. The van der Waals surface area contributed by atoms with E-state index in [1.54, 1.807) is 48.2 Å². The van der Waals surface area contributed by atoms with Gasteiger partial charge in [-0.05, 0) is 67.9 Å². The minimum atomic E-state index is -3.97. The number of nitrogens with zero attached hydrogens (tertiary/aromatic N) is 1. The molecule has 0 radical (unpaired) electrons. The van der Waals surface area contributed by atoms with Crippen LogP contribution < -0.4 is 9.62 Å². The van der Waals surface area contributed by atoms with Crippen LogP contribution in [0.1, 0.15) is 16.7 Å². The third-order valence-corrected chi connectivity index (χ3v) is 8.87. The average Bonchev–Trinajstić information content (AvgIpc) is 2.88. The predicted octanol–water partition coefficient (Wildman–Crippen LogP) is 7.08. The Morgan fingerprint density at radius 2 is 1.43 bits per heavy atom. The van der Waals surface area contributed by atoms with Crippen molar-refractivity contribution in [3.63, 3.8) is 0 Å². The average molecular weight is 551 g/mol. The molecule has 4 aromatic rings. The van der Waals surface area contributed by atoms with Crippen LogP contribution in [0.25, 0.3) is 0 Å². The molecule has 0 aliphatic carbocycles. The van der Waals surface area contributed by atoms with Crippen molar-refractivity contribution in [3.8, 4) is 0 Å². The van der Waals surface area contributed by atoms with Gasteiger partial charge in [-0.1, -0.05) is 71.3 Å². The molecule has 0 bridgehead atoms. The monoisotopic (exact) mass is 550 g/mol. The van der Waals surface area contributed by atoms with Gasteiger partial charge < -0.3 is 5.32 Å². The highest BCUT2D eigenvalue weighted by Gasteiger charge is 2.27. The van der Waals surface area contributed by atoms with Gasteiger partial charge in [0.2, 0.25) is 5.91 Å². The number of aryl methyl sites for hydroxylation is 2. The lowest BCUT2D eigenvalue weighted by atomic mass is 10.2. The minimum Gasteiger partial charge on any atom is -0.323 e. The maximum absolute atomic E-state index is 13.6. The van der Waals surface area contributed by atoms with Crippen LogP contribution in [0.4, 0.5) is 11.4 Å². The fourth-order valence-corrected chi connectivity index (χ4v) is 6.13. The quantitative estimate of drug-likeness (QED) is 0.226. The molecule has 0 saturated heterocycles. The minimum absolute atomic E-state index is 0.130. The van der Waals surface area contributed by atoms with Gasteiger partial charge in [0.1, 0.15) is 6.54 Å². The highest BCUT2D eigenvalue weighted by molar-refractivity contribution is 7.98. The molecule has 0 spiro atoms. The first-order chi connectivity index (χ1) is 17.7. The second-order valence-corrected chi connectivity index (χ2v) is 11.9. The summed E-state index contributed by atoms with van der Waals surface area (Å²) in [5, 5.41) is 3.59. The van der Waals surface area contributed by atoms with E-state index in [0.717, 1.165) is 25.9 Å². The lowest BCUT2D eigenvalue weighted by Gasteiger charge is -2.24. The Morgan fingerprint density at radius 1 is 0.838 bits per heavy atom. The van der Waals surface area contributed by atoms with Crippen molar-refractivity contribution in [2.24, 2.45) is 0 Å². The first-order valence-corrected chi connectivity index (χ1v) is 14.4. The van der Waals surface area contributed by atoms with Gasteiger partial charge >= 0.3 is 0 Å². The summed E-state index contributed by atoms with van der Waals surface area (Å²) in [6, 6.07) is 28.8. The van der Waals surface area contributed by atoms with Crippen LogP contribution in [-0.4, -0.2) is 20.9 Å². The van der Waals surface area contributed by atoms with E-state index in [-0.39, 0.29) is 11.4 Å². The van der Waals surface area contributed by atoms with E-state index in [1.165, 1.54) is 0 Å². The molecule has 0 atom stereocenters. The van der Waals surface area contributed by atoms with Gasteiger partial charge in [0, 0.05) is 15.7 Å². The van der Waals surface area contributed by atoms with Crippen LogP contribution in [-0.2, 0) is 20.6 Å². The second kappa shape index (κ2) is 11.9. The zero-order valence-corrected chi connectivity index (χ0v) is 22.9. The molecule has 0 saturated carbocycles. The molecule has 8 heteroatoms. The number of thioether (sulfide) groups is 1. The van der Waals surface area contributed by atoms with Gasteiger partial charge in [0.05, 0.1) is 16.3 Å². The standard InChI is InChI=1S/C29H27ClN2O3S2/c1-21-7-15-25(16-8-21)32(37(34,35)26-17-9-22(2)10-18-26)19-29(33)31-27-5-3-4-6-28(27)36-20-23-11-13-24(30)14-12-23/h3-18H,19-20H2,1-2H3,(H,31,33). The molecule has 190 valence electrons. The lowest BCUT2D eigenvalue weighted by Crippen LogP contribution is -2.38. The van der Waals surface area contributed by atoms with Gasteiger partial charge in [0.25, 0.3) is 10.0 Å². The molecular formula is C29H27ClN2O3S2. The summed E-state index contributed by atoms with van der Waals surface area (Å²) in [4.78, 5) is 14.2. The molecule has 0 aromatic heterocycles. The molecule has 0 unspecified atom stereocenters. The predicted molar refractivity (Wildman–Crippen MR) is 153 cm³/mol. The maximum Gasteiger partial charge on any atom is 0.264 e. The van der Waals surface area contributed by atoms with Crippen molar-refractivity contribution in [2.45, 2.75) is 29.4 Å². The topological polar surface area (TPSA) is 66.5 Å². The first kappa shape index (κ1) is 26.8.